The Hall–Kier alpha value is -3.52. The van der Waals surface area contributed by atoms with Gasteiger partial charge in [0.1, 0.15) is 5.75 Å². The Bertz CT molecular complexity index is 1240. The van der Waals surface area contributed by atoms with E-state index >= 15 is 0 Å². The number of hydrogen-bond acceptors (Lipinski definition) is 6. The SMILES string of the molecule is COc1ccccc1[C@H]1[C@H](C(=O)Nc2nc(C)c(C(C)=O)s2)CCC(=O)N1c1ccc(C)cc1. The molecule has 1 aliphatic rings. The lowest BCUT2D eigenvalue weighted by Crippen LogP contribution is -2.47. The summed E-state index contributed by atoms with van der Waals surface area (Å²) in [4.78, 5) is 45.2. The third kappa shape index (κ3) is 4.59. The molecular weight excluding hydrogens is 450 g/mol. The van der Waals surface area contributed by atoms with Gasteiger partial charge in [-0.1, -0.05) is 47.2 Å². The number of para-hydroxylation sites is 1. The molecule has 4 rings (SSSR count). The Labute approximate surface area is 202 Å². The molecule has 1 fully saturated rings. The highest BCUT2D eigenvalue weighted by molar-refractivity contribution is 7.17. The second kappa shape index (κ2) is 9.77. The summed E-state index contributed by atoms with van der Waals surface area (Å²) in [5, 5.41) is 3.28. The van der Waals surface area contributed by atoms with E-state index in [-0.39, 0.29) is 24.0 Å². The van der Waals surface area contributed by atoms with Crippen LogP contribution in [0.25, 0.3) is 0 Å². The van der Waals surface area contributed by atoms with E-state index < -0.39 is 12.0 Å². The molecule has 176 valence electrons. The minimum absolute atomic E-state index is 0.0484. The molecule has 1 aromatic heterocycles. The number of aryl methyl sites for hydroxylation is 2. The van der Waals surface area contributed by atoms with Crippen molar-refractivity contribution in [3.63, 3.8) is 0 Å². The van der Waals surface area contributed by atoms with Crippen LogP contribution in [0, 0.1) is 19.8 Å². The molecule has 1 N–H and O–H groups in total. The van der Waals surface area contributed by atoms with Crippen molar-refractivity contribution in [1.82, 2.24) is 4.98 Å². The lowest BCUT2D eigenvalue weighted by atomic mass is 9.82. The summed E-state index contributed by atoms with van der Waals surface area (Å²) < 4.78 is 5.61. The first kappa shape index (κ1) is 23.6. The number of aromatic nitrogens is 1. The molecule has 2 aromatic carbocycles. The first-order valence-corrected chi connectivity index (χ1v) is 11.9. The van der Waals surface area contributed by atoms with Crippen LogP contribution in [0.3, 0.4) is 0 Å². The molecule has 0 saturated carbocycles. The number of Topliss-reactive ketones (excluding diaryl/α,β-unsaturated/α-hetero) is 1. The van der Waals surface area contributed by atoms with Crippen molar-refractivity contribution in [1.29, 1.82) is 0 Å². The number of nitrogens with one attached hydrogen (secondary N) is 1. The largest absolute Gasteiger partial charge is 0.496 e. The van der Waals surface area contributed by atoms with Gasteiger partial charge >= 0.3 is 0 Å². The minimum atomic E-state index is -0.562. The van der Waals surface area contributed by atoms with Crippen LogP contribution in [0.15, 0.2) is 48.5 Å². The van der Waals surface area contributed by atoms with Crippen molar-refractivity contribution in [3.8, 4) is 5.75 Å². The summed E-state index contributed by atoms with van der Waals surface area (Å²) in [5.41, 5.74) is 3.16. The predicted octanol–water partition coefficient (Wildman–Crippen LogP) is 5.09. The monoisotopic (exact) mass is 477 g/mol. The lowest BCUT2D eigenvalue weighted by molar-refractivity contribution is -0.126. The van der Waals surface area contributed by atoms with Crippen LogP contribution < -0.4 is 15.0 Å². The van der Waals surface area contributed by atoms with E-state index in [1.54, 1.807) is 18.9 Å². The maximum Gasteiger partial charge on any atom is 0.231 e. The van der Waals surface area contributed by atoms with Gasteiger partial charge in [0.05, 0.1) is 29.6 Å². The number of nitrogens with zero attached hydrogens (tertiary/aromatic N) is 2. The molecular formula is C26H27N3O4S. The number of thiazole rings is 1. The zero-order valence-electron chi connectivity index (χ0n) is 19.6. The Morgan fingerprint density at radius 3 is 2.47 bits per heavy atom. The molecule has 0 bridgehead atoms. The van der Waals surface area contributed by atoms with Crippen LogP contribution in [0.2, 0.25) is 0 Å². The Morgan fingerprint density at radius 1 is 1.12 bits per heavy atom. The summed E-state index contributed by atoms with van der Waals surface area (Å²) in [5.74, 6) is -0.310. The van der Waals surface area contributed by atoms with Crippen LogP contribution in [-0.2, 0) is 9.59 Å². The third-order valence-corrected chi connectivity index (χ3v) is 7.22. The van der Waals surface area contributed by atoms with Crippen LogP contribution >= 0.6 is 11.3 Å². The van der Waals surface area contributed by atoms with Gasteiger partial charge in [0, 0.05) is 24.6 Å². The second-order valence-corrected chi connectivity index (χ2v) is 9.41. The Balaban J connectivity index is 1.76. The van der Waals surface area contributed by atoms with E-state index in [2.05, 4.69) is 10.3 Å². The normalized spacial score (nSPS) is 18.0. The van der Waals surface area contributed by atoms with Gasteiger partial charge < -0.3 is 15.0 Å². The van der Waals surface area contributed by atoms with Crippen LogP contribution in [0.5, 0.6) is 5.75 Å². The van der Waals surface area contributed by atoms with E-state index in [4.69, 9.17) is 4.74 Å². The number of piperidine rings is 1. The van der Waals surface area contributed by atoms with Crippen molar-refractivity contribution >= 4 is 39.8 Å². The smallest absolute Gasteiger partial charge is 0.231 e. The summed E-state index contributed by atoms with van der Waals surface area (Å²) in [7, 11) is 1.58. The van der Waals surface area contributed by atoms with Gasteiger partial charge in [-0.25, -0.2) is 4.98 Å². The number of carbonyl (C=O) groups excluding carboxylic acids is 3. The molecule has 1 aliphatic heterocycles. The second-order valence-electron chi connectivity index (χ2n) is 8.41. The molecule has 8 heteroatoms. The van der Waals surface area contributed by atoms with E-state index in [0.29, 0.717) is 27.9 Å². The van der Waals surface area contributed by atoms with E-state index in [9.17, 15) is 14.4 Å². The van der Waals surface area contributed by atoms with Gasteiger partial charge in [-0.3, -0.25) is 14.4 Å². The summed E-state index contributed by atoms with van der Waals surface area (Å²) in [6.07, 6.45) is 0.632. The summed E-state index contributed by atoms with van der Waals surface area (Å²) in [6.45, 7) is 5.22. The summed E-state index contributed by atoms with van der Waals surface area (Å²) in [6, 6.07) is 14.6. The zero-order chi connectivity index (χ0) is 24.4. The molecule has 2 amide bonds. The molecule has 0 radical (unpaired) electrons. The standard InChI is InChI=1S/C26H27N3O4S/c1-15-9-11-18(12-10-15)29-22(31)14-13-20(23(29)19-7-5-6-8-21(19)33-4)25(32)28-26-27-16(2)24(34-26)17(3)30/h5-12,20,23H,13-14H2,1-4H3,(H,27,28,32)/t20-,23+/m1/s1. The van der Waals surface area contributed by atoms with Gasteiger partial charge in [0.25, 0.3) is 0 Å². The van der Waals surface area contributed by atoms with Crippen molar-refractivity contribution < 1.29 is 19.1 Å². The topological polar surface area (TPSA) is 88.6 Å². The van der Waals surface area contributed by atoms with Crippen LogP contribution in [0.1, 0.15) is 52.3 Å². The number of methoxy groups -OCH3 is 1. The fourth-order valence-corrected chi connectivity index (χ4v) is 5.28. The first-order valence-electron chi connectivity index (χ1n) is 11.1. The molecule has 34 heavy (non-hydrogen) atoms. The average molecular weight is 478 g/mol. The molecule has 0 unspecified atom stereocenters. The van der Waals surface area contributed by atoms with Gasteiger partial charge in [0.15, 0.2) is 10.9 Å². The molecule has 0 aliphatic carbocycles. The highest BCUT2D eigenvalue weighted by Gasteiger charge is 2.42. The lowest BCUT2D eigenvalue weighted by Gasteiger charge is -2.41. The molecule has 2 atom stereocenters. The van der Waals surface area contributed by atoms with Gasteiger partial charge in [0.2, 0.25) is 11.8 Å². The maximum absolute atomic E-state index is 13.6. The van der Waals surface area contributed by atoms with Gasteiger partial charge in [-0.05, 0) is 38.5 Å². The number of benzene rings is 2. The maximum atomic E-state index is 13.6. The molecule has 3 aromatic rings. The minimum Gasteiger partial charge on any atom is -0.496 e. The number of anilines is 2. The van der Waals surface area contributed by atoms with Crippen molar-refractivity contribution in [2.75, 3.05) is 17.3 Å². The fourth-order valence-electron chi connectivity index (χ4n) is 4.42. The zero-order valence-corrected chi connectivity index (χ0v) is 20.4. The summed E-state index contributed by atoms with van der Waals surface area (Å²) >= 11 is 1.17. The highest BCUT2D eigenvalue weighted by Crippen LogP contribution is 2.43. The molecule has 2 heterocycles. The number of hydrogen-bond donors (Lipinski definition) is 1. The van der Waals surface area contributed by atoms with E-state index in [1.807, 2.05) is 55.5 Å². The van der Waals surface area contributed by atoms with Gasteiger partial charge in [-0.15, -0.1) is 0 Å². The number of ketones is 1. The van der Waals surface area contributed by atoms with Crippen LogP contribution in [-0.4, -0.2) is 29.7 Å². The highest BCUT2D eigenvalue weighted by atomic mass is 32.1. The average Bonchev–Trinajstić information content (AvgIpc) is 3.19. The van der Waals surface area contributed by atoms with E-state index in [1.165, 1.54) is 18.3 Å². The molecule has 7 nitrogen and oxygen atoms in total. The Morgan fingerprint density at radius 2 is 1.82 bits per heavy atom. The number of rotatable bonds is 6. The predicted molar refractivity (Wildman–Crippen MR) is 133 cm³/mol. The van der Waals surface area contributed by atoms with E-state index in [0.717, 1.165) is 16.8 Å². The third-order valence-electron chi connectivity index (χ3n) is 6.05. The van der Waals surface area contributed by atoms with Gasteiger partial charge in [-0.2, -0.15) is 0 Å². The van der Waals surface area contributed by atoms with Crippen molar-refractivity contribution in [2.45, 2.75) is 39.7 Å². The quantitative estimate of drug-likeness (QED) is 0.500. The Kier molecular flexibility index (Phi) is 6.79. The fraction of sp³-hybridized carbons (Fsp3) is 0.308. The van der Waals surface area contributed by atoms with Crippen molar-refractivity contribution in [2.24, 2.45) is 5.92 Å². The molecule has 1 saturated heterocycles. The van der Waals surface area contributed by atoms with Crippen LogP contribution in [0.4, 0.5) is 10.8 Å². The number of carbonyl (C=O) groups is 3. The number of amides is 2. The number of ether oxygens (including phenoxy) is 1. The van der Waals surface area contributed by atoms with Crippen molar-refractivity contribution in [3.05, 3.63) is 70.2 Å². The molecule has 0 spiro atoms. The first-order chi connectivity index (χ1) is 16.3.